The van der Waals surface area contributed by atoms with Crippen LogP contribution in [0.25, 0.3) is 0 Å². The second-order valence-corrected chi connectivity index (χ2v) is 6.88. The van der Waals surface area contributed by atoms with E-state index in [1.807, 2.05) is 18.2 Å². The number of guanidine groups is 1. The summed E-state index contributed by atoms with van der Waals surface area (Å²) in [4.78, 5) is 4.66. The lowest BCUT2D eigenvalue weighted by molar-refractivity contribution is 0.0698. The van der Waals surface area contributed by atoms with E-state index in [1.165, 1.54) is 11.1 Å². The molecule has 2 aromatic rings. The molecule has 0 amide bonds. The van der Waals surface area contributed by atoms with Gasteiger partial charge in [-0.3, -0.25) is 0 Å². The van der Waals surface area contributed by atoms with Gasteiger partial charge in [0.1, 0.15) is 0 Å². The van der Waals surface area contributed by atoms with Crippen molar-refractivity contribution in [1.29, 1.82) is 0 Å². The maximum absolute atomic E-state index is 5.80. The van der Waals surface area contributed by atoms with Gasteiger partial charge in [-0.2, -0.15) is 0 Å². The Bertz CT molecular complexity index is 712. The highest BCUT2D eigenvalue weighted by atomic mass is 127. The van der Waals surface area contributed by atoms with Gasteiger partial charge >= 0.3 is 0 Å². The molecule has 0 aromatic heterocycles. The molecular weight excluding hydrogens is 505 g/mol. The summed E-state index contributed by atoms with van der Waals surface area (Å²) in [5, 5.41) is 6.62. The first-order valence-electron chi connectivity index (χ1n) is 10.6. The number of nitrogens with zero attached hydrogens (tertiary/aromatic N) is 1. The van der Waals surface area contributed by atoms with Crippen molar-refractivity contribution >= 4 is 29.9 Å². The normalized spacial score (nSPS) is 11.1. The largest absolute Gasteiger partial charge is 0.382 e. The summed E-state index contributed by atoms with van der Waals surface area (Å²) in [6, 6.07) is 18.7. The van der Waals surface area contributed by atoms with E-state index in [4.69, 9.17) is 14.2 Å². The van der Waals surface area contributed by atoms with E-state index < -0.39 is 0 Å². The van der Waals surface area contributed by atoms with E-state index in [0.29, 0.717) is 39.6 Å². The predicted molar refractivity (Wildman–Crippen MR) is 137 cm³/mol. The summed E-state index contributed by atoms with van der Waals surface area (Å²) < 4.78 is 16.2. The Morgan fingerprint density at radius 1 is 0.806 bits per heavy atom. The number of methoxy groups -OCH3 is 1. The van der Waals surface area contributed by atoms with E-state index in [0.717, 1.165) is 31.0 Å². The molecule has 0 aliphatic carbocycles. The predicted octanol–water partition coefficient (Wildman–Crippen LogP) is 4.13. The van der Waals surface area contributed by atoms with E-state index >= 15 is 0 Å². The number of benzene rings is 2. The van der Waals surface area contributed by atoms with Gasteiger partial charge in [0.05, 0.1) is 33.0 Å². The molecule has 7 heteroatoms. The van der Waals surface area contributed by atoms with Gasteiger partial charge in [-0.25, -0.2) is 4.99 Å². The lowest BCUT2D eigenvalue weighted by Crippen LogP contribution is -2.38. The van der Waals surface area contributed by atoms with Crippen molar-refractivity contribution in [2.24, 2.45) is 4.99 Å². The van der Waals surface area contributed by atoms with Crippen molar-refractivity contribution in [3.63, 3.8) is 0 Å². The molecule has 6 nitrogen and oxygen atoms in total. The fourth-order valence-electron chi connectivity index (χ4n) is 2.74. The minimum atomic E-state index is 0. The van der Waals surface area contributed by atoms with E-state index in [1.54, 1.807) is 7.11 Å². The highest BCUT2D eigenvalue weighted by molar-refractivity contribution is 14.0. The summed E-state index contributed by atoms with van der Waals surface area (Å²) >= 11 is 0. The highest BCUT2D eigenvalue weighted by Crippen LogP contribution is 2.09. The van der Waals surface area contributed by atoms with Gasteiger partial charge in [0.15, 0.2) is 5.96 Å². The minimum absolute atomic E-state index is 0. The van der Waals surface area contributed by atoms with Crippen molar-refractivity contribution in [2.75, 3.05) is 40.0 Å². The first kappa shape index (κ1) is 27.4. The molecule has 2 rings (SSSR count). The van der Waals surface area contributed by atoms with Crippen LogP contribution in [0.3, 0.4) is 0 Å². The molecule has 0 aliphatic rings. The van der Waals surface area contributed by atoms with Crippen LogP contribution >= 0.6 is 24.0 Å². The number of halogens is 1. The molecule has 172 valence electrons. The smallest absolute Gasteiger partial charge is 0.191 e. The topological polar surface area (TPSA) is 64.1 Å². The first-order valence-corrected chi connectivity index (χ1v) is 10.6. The molecule has 0 saturated heterocycles. The Balaban J connectivity index is 0.00000480. The van der Waals surface area contributed by atoms with Gasteiger partial charge in [-0.15, -0.1) is 24.0 Å². The molecule has 31 heavy (non-hydrogen) atoms. The molecule has 0 bridgehead atoms. The molecule has 0 atom stereocenters. The zero-order chi connectivity index (χ0) is 21.3. The maximum atomic E-state index is 5.80. The van der Waals surface area contributed by atoms with Crippen molar-refractivity contribution < 1.29 is 14.2 Å². The third kappa shape index (κ3) is 12.7. The molecule has 0 spiro atoms. The average Bonchev–Trinajstić information content (AvgIpc) is 2.78. The lowest BCUT2D eigenvalue weighted by atomic mass is 10.1. The van der Waals surface area contributed by atoms with Crippen LogP contribution in [0.4, 0.5) is 0 Å². The van der Waals surface area contributed by atoms with Gasteiger partial charge in [-0.1, -0.05) is 54.6 Å². The summed E-state index contributed by atoms with van der Waals surface area (Å²) in [5.74, 6) is 0.824. The number of rotatable bonds is 14. The van der Waals surface area contributed by atoms with Crippen LogP contribution in [0.15, 0.2) is 59.6 Å². The Labute approximate surface area is 203 Å². The van der Waals surface area contributed by atoms with Crippen molar-refractivity contribution in [3.05, 3.63) is 71.3 Å². The SMILES string of the molecule is CCNC(=NCc1ccc(COCc2ccccc2)cc1)NCCCOCCOC.I. The van der Waals surface area contributed by atoms with Crippen molar-refractivity contribution in [2.45, 2.75) is 33.1 Å². The van der Waals surface area contributed by atoms with Crippen LogP contribution in [-0.2, 0) is 34.0 Å². The molecule has 2 N–H and O–H groups in total. The van der Waals surface area contributed by atoms with Crippen LogP contribution < -0.4 is 10.6 Å². The summed E-state index contributed by atoms with van der Waals surface area (Å²) in [7, 11) is 1.68. The van der Waals surface area contributed by atoms with Gasteiger partial charge in [0, 0.05) is 26.8 Å². The van der Waals surface area contributed by atoms with Crippen LogP contribution in [0.5, 0.6) is 0 Å². The van der Waals surface area contributed by atoms with Crippen LogP contribution in [-0.4, -0.2) is 46.0 Å². The number of hydrogen-bond donors (Lipinski definition) is 2. The number of aliphatic imine (C=N–C) groups is 1. The van der Waals surface area contributed by atoms with E-state index in [-0.39, 0.29) is 24.0 Å². The highest BCUT2D eigenvalue weighted by Gasteiger charge is 1.99. The monoisotopic (exact) mass is 541 g/mol. The van der Waals surface area contributed by atoms with Crippen molar-refractivity contribution in [3.8, 4) is 0 Å². The first-order chi connectivity index (χ1) is 14.8. The average molecular weight is 541 g/mol. The second-order valence-electron chi connectivity index (χ2n) is 6.88. The lowest BCUT2D eigenvalue weighted by Gasteiger charge is -2.11. The molecule has 0 heterocycles. The molecule has 2 aromatic carbocycles. The third-order valence-electron chi connectivity index (χ3n) is 4.36. The Hall–Kier alpha value is -1.68. The molecule has 0 saturated carbocycles. The number of hydrogen-bond acceptors (Lipinski definition) is 4. The van der Waals surface area contributed by atoms with Gasteiger partial charge in [-0.05, 0) is 30.0 Å². The summed E-state index contributed by atoms with van der Waals surface area (Å²) in [6.07, 6.45) is 0.922. The molecule has 0 unspecified atom stereocenters. The van der Waals surface area contributed by atoms with Crippen LogP contribution in [0, 0.1) is 0 Å². The summed E-state index contributed by atoms with van der Waals surface area (Å²) in [6.45, 7) is 7.55. The molecule has 0 radical (unpaired) electrons. The maximum Gasteiger partial charge on any atom is 0.191 e. The van der Waals surface area contributed by atoms with Crippen LogP contribution in [0.2, 0.25) is 0 Å². The molecule has 0 aliphatic heterocycles. The molecule has 0 fully saturated rings. The van der Waals surface area contributed by atoms with E-state index in [9.17, 15) is 0 Å². The third-order valence-corrected chi connectivity index (χ3v) is 4.36. The quantitative estimate of drug-likeness (QED) is 0.163. The van der Waals surface area contributed by atoms with Gasteiger partial charge in [0.2, 0.25) is 0 Å². The minimum Gasteiger partial charge on any atom is -0.382 e. The Morgan fingerprint density at radius 2 is 1.48 bits per heavy atom. The number of nitrogens with one attached hydrogen (secondary N) is 2. The van der Waals surface area contributed by atoms with Gasteiger partial charge in [0.25, 0.3) is 0 Å². The Kier molecular flexibility index (Phi) is 15.8. The zero-order valence-corrected chi connectivity index (χ0v) is 21.0. The fourth-order valence-corrected chi connectivity index (χ4v) is 2.74. The van der Waals surface area contributed by atoms with Gasteiger partial charge < -0.3 is 24.8 Å². The fraction of sp³-hybridized carbons (Fsp3) is 0.458. The number of ether oxygens (including phenoxy) is 3. The zero-order valence-electron chi connectivity index (χ0n) is 18.6. The van der Waals surface area contributed by atoms with E-state index in [2.05, 4.69) is 58.9 Å². The summed E-state index contributed by atoms with van der Waals surface area (Å²) in [5.41, 5.74) is 3.52. The van der Waals surface area contributed by atoms with Crippen molar-refractivity contribution in [1.82, 2.24) is 10.6 Å². The Morgan fingerprint density at radius 3 is 2.16 bits per heavy atom. The van der Waals surface area contributed by atoms with Crippen LogP contribution in [0.1, 0.15) is 30.0 Å². The standard InChI is InChI=1S/C24H35N3O3.HI/c1-3-25-24(26-14-7-15-29-17-16-28-2)27-18-21-10-12-23(13-11-21)20-30-19-22-8-5-4-6-9-22;/h4-6,8-13H,3,7,14-20H2,1-2H3,(H2,25,26,27);1H. The second kappa shape index (κ2) is 17.9. The molecular formula is C24H36IN3O3.